The minimum absolute atomic E-state index is 0.107. The lowest BCUT2D eigenvalue weighted by atomic mass is 10.1. The number of pyridine rings is 2. The molecular weight excluding hydrogens is 456 g/mol. The lowest BCUT2D eigenvalue weighted by Gasteiger charge is -2.09. The first-order valence-corrected chi connectivity index (χ1v) is 11.3. The van der Waals surface area contributed by atoms with Gasteiger partial charge in [0.1, 0.15) is 18.1 Å². The van der Waals surface area contributed by atoms with Crippen molar-refractivity contribution in [1.29, 1.82) is 0 Å². The largest absolute Gasteiger partial charge is 0.508 e. The standard InChI is InChI=1S/C27H20N6O3/c34-21-10-11-25-19(13-21)14-23(27(35)29-25)26-30-31-32-33(26)15-17-4-3-6-22(12-17)36-16-20-9-8-18-5-1-2-7-24(18)28-20/h1-14,34H,15-16H2,(H,29,35). The van der Waals surface area contributed by atoms with Crippen molar-refractivity contribution in [2.75, 3.05) is 0 Å². The highest BCUT2D eigenvalue weighted by atomic mass is 16.5. The molecule has 0 radical (unpaired) electrons. The molecule has 6 rings (SSSR count). The maximum atomic E-state index is 12.7. The third-order valence-electron chi connectivity index (χ3n) is 5.87. The second-order valence-electron chi connectivity index (χ2n) is 8.38. The predicted octanol–water partition coefficient (Wildman–Crippen LogP) is 4.06. The molecule has 0 unspecified atom stereocenters. The van der Waals surface area contributed by atoms with E-state index >= 15 is 0 Å². The molecule has 0 saturated heterocycles. The second-order valence-corrected chi connectivity index (χ2v) is 8.38. The minimum Gasteiger partial charge on any atom is -0.508 e. The fourth-order valence-corrected chi connectivity index (χ4v) is 4.12. The van der Waals surface area contributed by atoms with E-state index in [2.05, 4.69) is 25.5 Å². The topological polar surface area (TPSA) is 119 Å². The van der Waals surface area contributed by atoms with E-state index in [1.54, 1.807) is 22.9 Å². The molecule has 3 aromatic heterocycles. The quantitative estimate of drug-likeness (QED) is 0.372. The van der Waals surface area contributed by atoms with Crippen LogP contribution < -0.4 is 10.3 Å². The van der Waals surface area contributed by atoms with Crippen molar-refractivity contribution in [3.05, 3.63) is 107 Å². The van der Waals surface area contributed by atoms with Gasteiger partial charge in [0.2, 0.25) is 0 Å². The predicted molar refractivity (Wildman–Crippen MR) is 135 cm³/mol. The Morgan fingerprint density at radius 3 is 2.78 bits per heavy atom. The normalized spacial score (nSPS) is 11.2. The van der Waals surface area contributed by atoms with Gasteiger partial charge in [0.25, 0.3) is 5.56 Å². The van der Waals surface area contributed by atoms with Crippen LogP contribution in [0.2, 0.25) is 0 Å². The van der Waals surface area contributed by atoms with E-state index in [0.29, 0.717) is 41.2 Å². The minimum atomic E-state index is -0.316. The van der Waals surface area contributed by atoms with Crippen LogP contribution in [0.4, 0.5) is 0 Å². The average molecular weight is 476 g/mol. The van der Waals surface area contributed by atoms with Crippen LogP contribution in [0, 0.1) is 0 Å². The molecule has 6 aromatic rings. The third-order valence-corrected chi connectivity index (χ3v) is 5.87. The molecule has 176 valence electrons. The molecule has 0 spiro atoms. The Balaban J connectivity index is 1.23. The number of benzene rings is 3. The number of rotatable bonds is 6. The number of hydrogen-bond acceptors (Lipinski definition) is 7. The van der Waals surface area contributed by atoms with E-state index in [4.69, 9.17) is 4.74 Å². The van der Waals surface area contributed by atoms with Crippen molar-refractivity contribution < 1.29 is 9.84 Å². The Morgan fingerprint density at radius 2 is 1.83 bits per heavy atom. The maximum absolute atomic E-state index is 12.7. The number of nitrogens with one attached hydrogen (secondary N) is 1. The zero-order valence-corrected chi connectivity index (χ0v) is 19.0. The summed E-state index contributed by atoms with van der Waals surface area (Å²) in [6, 6.07) is 26.0. The van der Waals surface area contributed by atoms with Gasteiger partial charge < -0.3 is 14.8 Å². The van der Waals surface area contributed by atoms with Crippen molar-refractivity contribution in [2.45, 2.75) is 13.2 Å². The number of H-pyrrole nitrogens is 1. The van der Waals surface area contributed by atoms with Crippen LogP contribution in [0.15, 0.2) is 89.7 Å². The molecule has 0 fully saturated rings. The van der Waals surface area contributed by atoms with Gasteiger partial charge in [-0.25, -0.2) is 9.67 Å². The van der Waals surface area contributed by atoms with Crippen molar-refractivity contribution in [3.8, 4) is 22.9 Å². The van der Waals surface area contributed by atoms with Crippen LogP contribution in [0.5, 0.6) is 11.5 Å². The first-order chi connectivity index (χ1) is 17.6. The summed E-state index contributed by atoms with van der Waals surface area (Å²) in [5.41, 5.74) is 3.28. The van der Waals surface area contributed by atoms with Gasteiger partial charge in [-0.15, -0.1) is 5.10 Å². The molecule has 3 heterocycles. The molecule has 9 heteroatoms. The lowest BCUT2D eigenvalue weighted by molar-refractivity contribution is 0.301. The number of aromatic amines is 1. The van der Waals surface area contributed by atoms with Gasteiger partial charge in [0.15, 0.2) is 5.82 Å². The highest BCUT2D eigenvalue weighted by Crippen LogP contribution is 2.22. The third kappa shape index (κ3) is 4.25. The number of para-hydroxylation sites is 1. The molecule has 0 amide bonds. The van der Waals surface area contributed by atoms with Crippen molar-refractivity contribution in [3.63, 3.8) is 0 Å². The van der Waals surface area contributed by atoms with E-state index in [1.807, 2.05) is 60.7 Å². The molecule has 36 heavy (non-hydrogen) atoms. The van der Waals surface area contributed by atoms with Gasteiger partial charge in [0, 0.05) is 16.3 Å². The SMILES string of the molecule is O=c1[nH]c2ccc(O)cc2cc1-c1nnnn1Cc1cccc(OCc2ccc3ccccc3n2)c1. The summed E-state index contributed by atoms with van der Waals surface area (Å²) in [6.45, 7) is 0.676. The van der Waals surface area contributed by atoms with E-state index < -0.39 is 0 Å². The number of phenolic OH excluding ortho intramolecular Hbond substituents is 1. The molecule has 0 saturated carbocycles. The zero-order valence-electron chi connectivity index (χ0n) is 19.0. The summed E-state index contributed by atoms with van der Waals surface area (Å²) < 4.78 is 7.55. The Labute approximate surface area is 204 Å². The number of aromatic nitrogens is 6. The highest BCUT2D eigenvalue weighted by Gasteiger charge is 2.15. The smallest absolute Gasteiger partial charge is 0.259 e. The maximum Gasteiger partial charge on any atom is 0.259 e. The van der Waals surface area contributed by atoms with E-state index in [1.165, 1.54) is 6.07 Å². The van der Waals surface area contributed by atoms with Gasteiger partial charge in [0.05, 0.1) is 23.3 Å². The molecule has 0 aliphatic heterocycles. The molecule has 0 atom stereocenters. The van der Waals surface area contributed by atoms with Crippen LogP contribution >= 0.6 is 0 Å². The molecule has 0 bridgehead atoms. The molecular formula is C27H20N6O3. The zero-order chi connectivity index (χ0) is 24.5. The van der Waals surface area contributed by atoms with Crippen LogP contribution in [0.3, 0.4) is 0 Å². The summed E-state index contributed by atoms with van der Waals surface area (Å²) in [4.78, 5) is 20.2. The van der Waals surface area contributed by atoms with Gasteiger partial charge >= 0.3 is 0 Å². The summed E-state index contributed by atoms with van der Waals surface area (Å²) in [6.07, 6.45) is 0. The van der Waals surface area contributed by atoms with Gasteiger partial charge in [-0.1, -0.05) is 36.4 Å². The average Bonchev–Trinajstić information content (AvgIpc) is 3.35. The Hall–Kier alpha value is -5.05. The van der Waals surface area contributed by atoms with Crippen molar-refractivity contribution in [1.82, 2.24) is 30.2 Å². The van der Waals surface area contributed by atoms with Crippen LogP contribution in [0.1, 0.15) is 11.3 Å². The van der Waals surface area contributed by atoms with Gasteiger partial charge in [-0.2, -0.15) is 0 Å². The fraction of sp³-hybridized carbons (Fsp3) is 0.0741. The number of aromatic hydroxyl groups is 1. The number of tetrazole rings is 1. The Bertz CT molecular complexity index is 1780. The number of nitrogens with zero attached hydrogens (tertiary/aromatic N) is 5. The second kappa shape index (κ2) is 8.95. The number of phenols is 1. The van der Waals surface area contributed by atoms with Crippen LogP contribution in [-0.2, 0) is 13.2 Å². The van der Waals surface area contributed by atoms with Crippen molar-refractivity contribution in [2.24, 2.45) is 0 Å². The number of fused-ring (bicyclic) bond motifs is 2. The van der Waals surface area contributed by atoms with E-state index in [9.17, 15) is 9.90 Å². The first kappa shape index (κ1) is 21.5. The van der Waals surface area contributed by atoms with Crippen molar-refractivity contribution >= 4 is 21.8 Å². The summed E-state index contributed by atoms with van der Waals surface area (Å²) in [5, 5.41) is 23.5. The Kier molecular flexibility index (Phi) is 5.34. The monoisotopic (exact) mass is 476 g/mol. The molecule has 0 aliphatic rings. The molecule has 3 aromatic carbocycles. The van der Waals surface area contributed by atoms with Gasteiger partial charge in [-0.05, 0) is 64.5 Å². The summed E-state index contributed by atoms with van der Waals surface area (Å²) >= 11 is 0. The van der Waals surface area contributed by atoms with E-state index in [-0.39, 0.29) is 11.3 Å². The number of ether oxygens (including phenoxy) is 1. The Morgan fingerprint density at radius 1 is 0.917 bits per heavy atom. The lowest BCUT2D eigenvalue weighted by Crippen LogP contribution is -2.13. The highest BCUT2D eigenvalue weighted by molar-refractivity contribution is 5.83. The van der Waals surface area contributed by atoms with Gasteiger partial charge in [-0.3, -0.25) is 4.79 Å². The summed E-state index contributed by atoms with van der Waals surface area (Å²) in [7, 11) is 0. The first-order valence-electron chi connectivity index (χ1n) is 11.3. The molecule has 9 nitrogen and oxygen atoms in total. The van der Waals surface area contributed by atoms with E-state index in [0.717, 1.165) is 22.2 Å². The molecule has 2 N–H and O–H groups in total. The fourth-order valence-electron chi connectivity index (χ4n) is 4.12. The molecule has 0 aliphatic carbocycles. The van der Waals surface area contributed by atoms with Crippen LogP contribution in [-0.4, -0.2) is 35.3 Å². The summed E-state index contributed by atoms with van der Waals surface area (Å²) in [5.74, 6) is 1.13. The van der Waals surface area contributed by atoms with Crippen LogP contribution in [0.25, 0.3) is 33.2 Å². The number of hydrogen-bond donors (Lipinski definition) is 2.